The Morgan fingerprint density at radius 1 is 1.15 bits per heavy atom. The van der Waals surface area contributed by atoms with E-state index < -0.39 is 26.1 Å². The molecule has 2 N–H and O–H groups in total. The first-order valence-corrected chi connectivity index (χ1v) is 8.74. The van der Waals surface area contributed by atoms with Crippen molar-refractivity contribution in [1.29, 1.82) is 0 Å². The molecule has 114 valence electrons. The highest BCUT2D eigenvalue weighted by molar-refractivity contribution is 7.90. The fourth-order valence-corrected chi connectivity index (χ4v) is 3.67. The van der Waals surface area contributed by atoms with E-state index in [0.29, 0.717) is 0 Å². The maximum absolute atomic E-state index is 12.1. The minimum absolute atomic E-state index is 0.109. The second-order valence-corrected chi connectivity index (χ2v) is 7.76. The fourth-order valence-electron chi connectivity index (χ4n) is 1.54. The Morgan fingerprint density at radius 3 is 2.20 bits per heavy atom. The molecule has 0 amide bonds. The quantitative estimate of drug-likeness (QED) is 0.730. The van der Waals surface area contributed by atoms with E-state index in [1.165, 1.54) is 32.4 Å². The third-order valence-electron chi connectivity index (χ3n) is 2.47. The van der Waals surface area contributed by atoms with Crippen molar-refractivity contribution < 1.29 is 21.6 Å². The smallest absolute Gasteiger partial charge is 0.240 e. The maximum Gasteiger partial charge on any atom is 0.240 e. The minimum Gasteiger partial charge on any atom is -0.383 e. The number of sulfonamides is 2. The molecule has 0 fully saturated rings. The number of rotatable bonds is 7. The molecule has 7 nitrogen and oxygen atoms in total. The zero-order valence-corrected chi connectivity index (χ0v) is 13.1. The topological polar surface area (TPSA) is 102 Å². The minimum atomic E-state index is -3.79. The number of hydrogen-bond donors (Lipinski definition) is 2. The summed E-state index contributed by atoms with van der Waals surface area (Å²) in [5.74, 6) is 0. The molecule has 0 unspecified atom stereocenters. The maximum atomic E-state index is 12.1. The van der Waals surface area contributed by atoms with Gasteiger partial charge in [0.25, 0.3) is 0 Å². The summed E-state index contributed by atoms with van der Waals surface area (Å²) in [6, 6.07) is 4.71. The van der Waals surface area contributed by atoms with Gasteiger partial charge in [0.05, 0.1) is 16.4 Å². The number of benzene rings is 1. The van der Waals surface area contributed by atoms with Crippen LogP contribution in [0.2, 0.25) is 0 Å². The van der Waals surface area contributed by atoms with Crippen molar-refractivity contribution >= 4 is 20.0 Å². The van der Waals surface area contributed by atoms with Gasteiger partial charge in [-0.1, -0.05) is 6.07 Å². The molecule has 1 aromatic carbocycles. The highest BCUT2D eigenvalue weighted by atomic mass is 32.2. The molecule has 0 saturated carbocycles. The lowest BCUT2D eigenvalue weighted by atomic mass is 10.4. The van der Waals surface area contributed by atoms with Crippen LogP contribution in [0.3, 0.4) is 0 Å². The van der Waals surface area contributed by atoms with E-state index in [1.54, 1.807) is 6.92 Å². The van der Waals surface area contributed by atoms with E-state index >= 15 is 0 Å². The van der Waals surface area contributed by atoms with Gasteiger partial charge in [0.15, 0.2) is 0 Å². The Kier molecular flexibility index (Phi) is 5.66. The Labute approximate surface area is 119 Å². The van der Waals surface area contributed by atoms with Crippen LogP contribution in [0.15, 0.2) is 34.1 Å². The average Bonchev–Trinajstić information content (AvgIpc) is 2.38. The molecule has 1 atom stereocenters. The fraction of sp³-hybridized carbons (Fsp3) is 0.455. The van der Waals surface area contributed by atoms with Crippen molar-refractivity contribution in [3.8, 4) is 0 Å². The largest absolute Gasteiger partial charge is 0.383 e. The van der Waals surface area contributed by atoms with Gasteiger partial charge in [-0.15, -0.1) is 0 Å². The van der Waals surface area contributed by atoms with Gasteiger partial charge in [-0.2, -0.15) is 0 Å². The summed E-state index contributed by atoms with van der Waals surface area (Å²) >= 11 is 0. The van der Waals surface area contributed by atoms with E-state index in [9.17, 15) is 16.8 Å². The molecule has 20 heavy (non-hydrogen) atoms. The predicted octanol–water partition coefficient (Wildman–Crippen LogP) is -0.0921. The van der Waals surface area contributed by atoms with Gasteiger partial charge >= 0.3 is 0 Å². The molecule has 1 aromatic rings. The zero-order valence-electron chi connectivity index (χ0n) is 11.5. The number of hydrogen-bond acceptors (Lipinski definition) is 5. The van der Waals surface area contributed by atoms with Crippen LogP contribution < -0.4 is 9.44 Å². The second kappa shape index (κ2) is 6.64. The molecule has 0 aliphatic rings. The standard InChI is InChI=1S/C11H18N2O5S2/c1-9(8-18-3)13-20(16,17)11-6-4-5-10(7-11)19(14,15)12-2/h4-7,9,12-13H,8H2,1-3H3/t9-/m1/s1. The normalized spacial score (nSPS) is 14.2. The SMILES string of the molecule is CNS(=O)(=O)c1cccc(S(=O)(=O)N[C@H](C)COC)c1. The van der Waals surface area contributed by atoms with Crippen LogP contribution in [-0.4, -0.2) is 43.6 Å². The first-order valence-electron chi connectivity index (χ1n) is 5.78. The molecule has 9 heteroatoms. The van der Waals surface area contributed by atoms with Gasteiger partial charge in [0.1, 0.15) is 0 Å². The Morgan fingerprint density at radius 2 is 1.70 bits per heavy atom. The summed E-state index contributed by atoms with van der Waals surface area (Å²) in [5, 5.41) is 0. The Balaban J connectivity index is 3.12. The van der Waals surface area contributed by atoms with Crippen molar-refractivity contribution in [2.75, 3.05) is 20.8 Å². The van der Waals surface area contributed by atoms with Crippen LogP contribution in [0.4, 0.5) is 0 Å². The molecular weight excluding hydrogens is 304 g/mol. The average molecular weight is 322 g/mol. The number of nitrogens with one attached hydrogen (secondary N) is 2. The monoisotopic (exact) mass is 322 g/mol. The Bertz CT molecular complexity index is 655. The molecule has 0 radical (unpaired) electrons. The summed E-state index contributed by atoms with van der Waals surface area (Å²) in [4.78, 5) is -0.223. The van der Waals surface area contributed by atoms with Crippen molar-refractivity contribution in [3.05, 3.63) is 24.3 Å². The van der Waals surface area contributed by atoms with Gasteiger partial charge in [0, 0.05) is 13.2 Å². The molecule has 0 aliphatic carbocycles. The molecule has 0 aliphatic heterocycles. The number of methoxy groups -OCH3 is 1. The van der Waals surface area contributed by atoms with Gasteiger partial charge in [0.2, 0.25) is 20.0 Å². The van der Waals surface area contributed by atoms with Crippen LogP contribution in [0.5, 0.6) is 0 Å². The second-order valence-electron chi connectivity index (χ2n) is 4.16. The molecule has 0 heterocycles. The lowest BCUT2D eigenvalue weighted by Crippen LogP contribution is -2.35. The van der Waals surface area contributed by atoms with Crippen molar-refractivity contribution in [2.45, 2.75) is 22.8 Å². The van der Waals surface area contributed by atoms with Gasteiger partial charge in [-0.3, -0.25) is 0 Å². The van der Waals surface area contributed by atoms with Crippen molar-refractivity contribution in [1.82, 2.24) is 9.44 Å². The first-order chi connectivity index (χ1) is 9.23. The van der Waals surface area contributed by atoms with Crippen LogP contribution in [0.25, 0.3) is 0 Å². The lowest BCUT2D eigenvalue weighted by molar-refractivity contribution is 0.180. The molecule has 0 aromatic heterocycles. The van der Waals surface area contributed by atoms with Crippen molar-refractivity contribution in [3.63, 3.8) is 0 Å². The Hall–Kier alpha value is -1.00. The van der Waals surface area contributed by atoms with E-state index in [-0.39, 0.29) is 16.4 Å². The van der Waals surface area contributed by atoms with E-state index in [1.807, 2.05) is 0 Å². The van der Waals surface area contributed by atoms with E-state index in [4.69, 9.17) is 4.74 Å². The third kappa shape index (κ3) is 4.25. The van der Waals surface area contributed by atoms with Crippen LogP contribution in [0, 0.1) is 0 Å². The van der Waals surface area contributed by atoms with Gasteiger partial charge in [-0.05, 0) is 32.2 Å². The summed E-state index contributed by atoms with van der Waals surface area (Å²) in [7, 11) is -4.76. The van der Waals surface area contributed by atoms with Gasteiger partial charge in [-0.25, -0.2) is 26.3 Å². The predicted molar refractivity (Wildman–Crippen MR) is 74.3 cm³/mol. The highest BCUT2D eigenvalue weighted by Gasteiger charge is 2.20. The van der Waals surface area contributed by atoms with Crippen LogP contribution in [-0.2, 0) is 24.8 Å². The third-order valence-corrected chi connectivity index (χ3v) is 5.47. The van der Waals surface area contributed by atoms with Gasteiger partial charge < -0.3 is 4.74 Å². The van der Waals surface area contributed by atoms with Crippen LogP contribution >= 0.6 is 0 Å². The van der Waals surface area contributed by atoms with Crippen molar-refractivity contribution in [2.24, 2.45) is 0 Å². The lowest BCUT2D eigenvalue weighted by Gasteiger charge is -2.13. The van der Waals surface area contributed by atoms with E-state index in [0.717, 1.165) is 6.07 Å². The molecule has 0 spiro atoms. The molecule has 1 rings (SSSR count). The molecule has 0 bridgehead atoms. The first kappa shape index (κ1) is 17.1. The summed E-state index contributed by atoms with van der Waals surface area (Å²) < 4.78 is 56.9. The molecule has 0 saturated heterocycles. The highest BCUT2D eigenvalue weighted by Crippen LogP contribution is 2.15. The summed E-state index contributed by atoms with van der Waals surface area (Å²) in [6.07, 6.45) is 0. The van der Waals surface area contributed by atoms with E-state index in [2.05, 4.69) is 9.44 Å². The zero-order chi connectivity index (χ0) is 15.4. The summed E-state index contributed by atoms with van der Waals surface area (Å²) in [6.45, 7) is 1.86. The number of ether oxygens (including phenoxy) is 1. The molecular formula is C11H18N2O5S2. The van der Waals surface area contributed by atoms with Crippen LogP contribution in [0.1, 0.15) is 6.92 Å². The summed E-state index contributed by atoms with van der Waals surface area (Å²) in [5.41, 5.74) is 0.